The topological polar surface area (TPSA) is 169 Å². The number of hydrogen-bond acceptors (Lipinski definition) is 10. The molecule has 12 heteroatoms. The van der Waals surface area contributed by atoms with Gasteiger partial charge in [0.2, 0.25) is 0 Å². The number of allylic oxidation sites excluding steroid dienone is 7. The Kier molecular flexibility index (Phi) is 33.2. The smallest absolute Gasteiger partial charge is 0.462 e. The zero-order valence-electron chi connectivity index (χ0n) is 32.3. The maximum atomic E-state index is 12.6. The second-order valence-corrected chi connectivity index (χ2v) is 15.1. The van der Waals surface area contributed by atoms with E-state index in [1.807, 2.05) is 12.2 Å². The number of ether oxygens (including phenoxy) is 2. The van der Waals surface area contributed by atoms with Gasteiger partial charge in [0.15, 0.2) is 6.10 Å². The van der Waals surface area contributed by atoms with Gasteiger partial charge >= 0.3 is 19.8 Å². The molecular formula is C40H71O11P. The third kappa shape index (κ3) is 34.9. The summed E-state index contributed by atoms with van der Waals surface area (Å²) in [5, 5.41) is 28.5. The molecule has 0 heterocycles. The van der Waals surface area contributed by atoms with E-state index in [1.54, 1.807) is 12.2 Å². The highest BCUT2D eigenvalue weighted by atomic mass is 31.2. The van der Waals surface area contributed by atoms with Gasteiger partial charge in [-0.15, -0.1) is 0 Å². The molecule has 0 rings (SSSR count). The summed E-state index contributed by atoms with van der Waals surface area (Å²) in [6, 6.07) is 0. The predicted octanol–water partition coefficient (Wildman–Crippen LogP) is 8.60. The standard InChI is InChI=1S/C40H71O11P/c1-4-5-6-7-8-9-10-11-12-13-17-20-23-27-36(42)28-25-30-40(45)51-38(34-50-52(46,47)49-32-37(43)31-41)33-48-39(44)29-24-21-18-15-14-16-19-22-26-35(2)3/h8-9,11-12,17,20,23,27,35-38,41-43H,4-7,10,13-16,18-19,21-22,24-26,28-34H2,1-3H3,(H,46,47)/b9-8-,12-11-,20-17-,27-23+/t36-,37-,38+/m0/s1. The normalized spacial score (nSPS) is 15.2. The van der Waals surface area contributed by atoms with Gasteiger partial charge in [0.25, 0.3) is 0 Å². The molecule has 4 N–H and O–H groups in total. The lowest BCUT2D eigenvalue weighted by Crippen LogP contribution is -2.30. The first-order valence-electron chi connectivity index (χ1n) is 19.6. The number of esters is 2. The van der Waals surface area contributed by atoms with Crippen molar-refractivity contribution in [3.8, 4) is 0 Å². The number of carbonyl (C=O) groups excluding carboxylic acids is 2. The van der Waals surface area contributed by atoms with Crippen LogP contribution >= 0.6 is 7.82 Å². The van der Waals surface area contributed by atoms with E-state index in [1.165, 1.54) is 51.4 Å². The van der Waals surface area contributed by atoms with E-state index in [-0.39, 0.29) is 19.4 Å². The molecule has 0 spiro atoms. The van der Waals surface area contributed by atoms with Crippen molar-refractivity contribution in [1.82, 2.24) is 0 Å². The number of phosphoric acid groups is 1. The monoisotopic (exact) mass is 758 g/mol. The number of rotatable bonds is 35. The van der Waals surface area contributed by atoms with E-state index in [4.69, 9.17) is 19.1 Å². The fourth-order valence-electron chi connectivity index (χ4n) is 4.93. The molecule has 302 valence electrons. The molecule has 0 aliphatic carbocycles. The molecular weight excluding hydrogens is 687 g/mol. The van der Waals surface area contributed by atoms with E-state index in [2.05, 4.69) is 49.6 Å². The first kappa shape index (κ1) is 49.9. The van der Waals surface area contributed by atoms with Gasteiger partial charge in [0.05, 0.1) is 25.9 Å². The number of carbonyl (C=O) groups is 2. The summed E-state index contributed by atoms with van der Waals surface area (Å²) in [7, 11) is -4.67. The molecule has 0 bridgehead atoms. The average Bonchev–Trinajstić information content (AvgIpc) is 3.11. The first-order valence-corrected chi connectivity index (χ1v) is 21.1. The highest BCUT2D eigenvalue weighted by Crippen LogP contribution is 2.43. The maximum absolute atomic E-state index is 12.6. The number of aliphatic hydroxyl groups is 3. The third-order valence-corrected chi connectivity index (χ3v) is 8.97. The van der Waals surface area contributed by atoms with E-state index >= 15 is 0 Å². The molecule has 52 heavy (non-hydrogen) atoms. The lowest BCUT2D eigenvalue weighted by Gasteiger charge is -2.20. The van der Waals surface area contributed by atoms with Crippen molar-refractivity contribution >= 4 is 19.8 Å². The summed E-state index contributed by atoms with van der Waals surface area (Å²) in [6.07, 6.45) is 29.9. The van der Waals surface area contributed by atoms with Gasteiger partial charge in [0.1, 0.15) is 12.7 Å². The number of phosphoric ester groups is 1. The third-order valence-electron chi connectivity index (χ3n) is 8.02. The van der Waals surface area contributed by atoms with E-state index in [9.17, 15) is 29.3 Å². The number of unbranched alkanes of at least 4 members (excludes halogenated alkanes) is 10. The molecule has 11 nitrogen and oxygen atoms in total. The van der Waals surface area contributed by atoms with Crippen molar-refractivity contribution in [2.24, 2.45) is 5.92 Å². The van der Waals surface area contributed by atoms with Gasteiger partial charge < -0.3 is 29.7 Å². The fraction of sp³-hybridized carbons (Fsp3) is 0.750. The van der Waals surface area contributed by atoms with Crippen LogP contribution in [0.2, 0.25) is 0 Å². The predicted molar refractivity (Wildman–Crippen MR) is 206 cm³/mol. The molecule has 0 saturated heterocycles. The van der Waals surface area contributed by atoms with E-state index in [0.717, 1.165) is 44.4 Å². The van der Waals surface area contributed by atoms with Crippen molar-refractivity contribution in [2.45, 2.75) is 161 Å². The van der Waals surface area contributed by atoms with Crippen LogP contribution in [-0.2, 0) is 32.7 Å². The second kappa shape index (κ2) is 34.6. The lowest BCUT2D eigenvalue weighted by atomic mass is 10.0. The summed E-state index contributed by atoms with van der Waals surface area (Å²) < 4.78 is 32.4. The summed E-state index contributed by atoms with van der Waals surface area (Å²) in [5.41, 5.74) is 0. The Morgan fingerprint density at radius 3 is 1.98 bits per heavy atom. The molecule has 1 unspecified atom stereocenters. The quantitative estimate of drug-likeness (QED) is 0.0161. The number of aliphatic hydroxyl groups excluding tert-OH is 3. The van der Waals surface area contributed by atoms with Gasteiger partial charge in [0, 0.05) is 12.8 Å². The lowest BCUT2D eigenvalue weighted by molar-refractivity contribution is -0.161. The van der Waals surface area contributed by atoms with Crippen LogP contribution in [0.1, 0.15) is 143 Å². The van der Waals surface area contributed by atoms with Crippen LogP contribution in [0.25, 0.3) is 0 Å². The maximum Gasteiger partial charge on any atom is 0.472 e. The second-order valence-electron chi connectivity index (χ2n) is 13.6. The van der Waals surface area contributed by atoms with Crippen LogP contribution in [0.4, 0.5) is 0 Å². The van der Waals surface area contributed by atoms with Gasteiger partial charge in [-0.05, 0) is 50.9 Å². The van der Waals surface area contributed by atoms with Crippen LogP contribution in [0, 0.1) is 5.92 Å². The summed E-state index contributed by atoms with van der Waals surface area (Å²) in [6.45, 7) is 4.37. The minimum absolute atomic E-state index is 0.0449. The molecule has 0 fully saturated rings. The molecule has 0 radical (unpaired) electrons. The van der Waals surface area contributed by atoms with Gasteiger partial charge in [-0.25, -0.2) is 4.57 Å². The SMILES string of the molecule is CCCCC/C=C\C/C=C\C/C=C\C=C\[C@H](O)CCCC(=O)O[C@H](COC(=O)CCCCCCCCCCC(C)C)COP(=O)(O)OC[C@@H](O)CO. The Morgan fingerprint density at radius 1 is 0.692 bits per heavy atom. The highest BCUT2D eigenvalue weighted by molar-refractivity contribution is 7.47. The molecule has 4 atom stereocenters. The van der Waals surface area contributed by atoms with Crippen molar-refractivity contribution in [3.05, 3.63) is 48.6 Å². The molecule has 0 saturated carbocycles. The van der Waals surface area contributed by atoms with E-state index < -0.39 is 57.9 Å². The van der Waals surface area contributed by atoms with Crippen LogP contribution in [0.5, 0.6) is 0 Å². The molecule has 0 aromatic carbocycles. The summed E-state index contributed by atoms with van der Waals surface area (Å²) in [4.78, 5) is 34.8. The van der Waals surface area contributed by atoms with Crippen molar-refractivity contribution in [1.29, 1.82) is 0 Å². The average molecular weight is 759 g/mol. The summed E-state index contributed by atoms with van der Waals surface area (Å²) >= 11 is 0. The molecule has 0 aliphatic rings. The number of hydrogen-bond donors (Lipinski definition) is 4. The Hall–Kier alpha value is -2.11. The van der Waals surface area contributed by atoms with Crippen LogP contribution < -0.4 is 0 Å². The molecule has 0 aromatic heterocycles. The fourth-order valence-corrected chi connectivity index (χ4v) is 5.72. The minimum Gasteiger partial charge on any atom is -0.462 e. The van der Waals surface area contributed by atoms with Crippen LogP contribution in [-0.4, -0.2) is 76.9 Å². The zero-order valence-corrected chi connectivity index (χ0v) is 33.2. The van der Waals surface area contributed by atoms with Crippen LogP contribution in [0.15, 0.2) is 48.6 Å². The van der Waals surface area contributed by atoms with Gasteiger partial charge in [-0.1, -0.05) is 134 Å². The largest absolute Gasteiger partial charge is 0.472 e. The summed E-state index contributed by atoms with van der Waals surface area (Å²) in [5.74, 6) is -0.384. The Bertz CT molecular complexity index is 1040. The van der Waals surface area contributed by atoms with Gasteiger partial charge in [-0.2, -0.15) is 0 Å². The Labute approximate surface area is 314 Å². The minimum atomic E-state index is -4.67. The Morgan fingerprint density at radius 2 is 1.31 bits per heavy atom. The Balaban J connectivity index is 4.59. The molecule has 0 aromatic rings. The zero-order chi connectivity index (χ0) is 38.7. The van der Waals surface area contributed by atoms with Crippen molar-refractivity contribution in [3.63, 3.8) is 0 Å². The highest BCUT2D eigenvalue weighted by Gasteiger charge is 2.27. The molecule has 0 aliphatic heterocycles. The van der Waals surface area contributed by atoms with Crippen molar-refractivity contribution in [2.75, 3.05) is 26.4 Å². The molecule has 0 amide bonds. The van der Waals surface area contributed by atoms with Crippen molar-refractivity contribution < 1.29 is 52.9 Å². The van der Waals surface area contributed by atoms with Crippen LogP contribution in [0.3, 0.4) is 0 Å². The first-order chi connectivity index (χ1) is 25.0. The van der Waals surface area contributed by atoms with E-state index in [0.29, 0.717) is 19.3 Å². The van der Waals surface area contributed by atoms with Gasteiger partial charge in [-0.3, -0.25) is 18.6 Å².